The highest BCUT2D eigenvalue weighted by Gasteiger charge is 2.16. The molecule has 0 saturated heterocycles. The number of carbonyl (C=O) groups is 1. The van der Waals surface area contributed by atoms with Crippen LogP contribution in [0.4, 0.5) is 5.69 Å². The Labute approximate surface area is 173 Å². The zero-order chi connectivity index (χ0) is 21.2. The first-order valence-corrected chi connectivity index (χ1v) is 10.3. The van der Waals surface area contributed by atoms with Crippen molar-refractivity contribution in [3.63, 3.8) is 0 Å². The summed E-state index contributed by atoms with van der Waals surface area (Å²) in [6.07, 6.45) is 13.2. The highest BCUT2D eigenvalue weighted by atomic mass is 16.5. The maximum atomic E-state index is 12.5. The second kappa shape index (κ2) is 11.5. The number of phenols is 1. The number of methoxy groups -OCH3 is 1. The van der Waals surface area contributed by atoms with Gasteiger partial charge in [-0.05, 0) is 51.7 Å². The van der Waals surface area contributed by atoms with Crippen molar-refractivity contribution in [3.05, 3.63) is 53.1 Å². The van der Waals surface area contributed by atoms with E-state index in [9.17, 15) is 15.0 Å². The minimum atomic E-state index is -0.348. The van der Waals surface area contributed by atoms with Gasteiger partial charge in [-0.1, -0.05) is 42.7 Å². The Bertz CT molecular complexity index is 792. The Balaban J connectivity index is 2.31. The summed E-state index contributed by atoms with van der Waals surface area (Å²) in [7, 11) is 1.57. The monoisotopic (exact) mass is 399 g/mol. The average molecular weight is 400 g/mol. The number of benzene rings is 1. The molecule has 3 N–H and O–H groups in total. The molecule has 1 aromatic carbocycles. The van der Waals surface area contributed by atoms with Gasteiger partial charge in [0.2, 0.25) is 0 Å². The highest BCUT2D eigenvalue weighted by molar-refractivity contribution is 6.04. The van der Waals surface area contributed by atoms with Gasteiger partial charge < -0.3 is 20.3 Å². The topological polar surface area (TPSA) is 78.8 Å². The van der Waals surface area contributed by atoms with Crippen LogP contribution in [0.1, 0.15) is 57.9 Å². The van der Waals surface area contributed by atoms with E-state index in [4.69, 9.17) is 4.74 Å². The Morgan fingerprint density at radius 2 is 1.97 bits per heavy atom. The van der Waals surface area contributed by atoms with Crippen LogP contribution in [0.15, 0.2) is 47.6 Å². The maximum absolute atomic E-state index is 12.5. The fraction of sp³-hybridized carbons (Fsp3) is 0.458. The molecule has 5 nitrogen and oxygen atoms in total. The van der Waals surface area contributed by atoms with Crippen molar-refractivity contribution >= 4 is 11.6 Å². The molecule has 29 heavy (non-hydrogen) atoms. The SMILES string of the molecule is COc1ccc2c(O)c1C/C(C)=C/CCCCC[C@H](O)C/C=C\C=C(/C)C(=O)N2. The first kappa shape index (κ1) is 22.8. The summed E-state index contributed by atoms with van der Waals surface area (Å²) in [5.74, 6) is 0.352. The van der Waals surface area contributed by atoms with Crippen LogP contribution in [0.2, 0.25) is 0 Å². The molecule has 1 aromatic rings. The van der Waals surface area contributed by atoms with E-state index >= 15 is 0 Å². The lowest BCUT2D eigenvalue weighted by atomic mass is 10.0. The molecule has 2 rings (SSSR count). The van der Waals surface area contributed by atoms with Gasteiger partial charge in [0.25, 0.3) is 5.91 Å². The largest absolute Gasteiger partial charge is 0.505 e. The summed E-state index contributed by atoms with van der Waals surface area (Å²) >= 11 is 0. The minimum absolute atomic E-state index is 0.0369. The molecule has 1 aliphatic rings. The lowest BCUT2D eigenvalue weighted by Crippen LogP contribution is -2.13. The predicted molar refractivity (Wildman–Crippen MR) is 117 cm³/mol. The van der Waals surface area contributed by atoms with Crippen LogP contribution in [0.5, 0.6) is 11.5 Å². The van der Waals surface area contributed by atoms with Crippen LogP contribution in [0.3, 0.4) is 0 Å². The van der Waals surface area contributed by atoms with Crippen LogP contribution in [-0.2, 0) is 11.2 Å². The van der Waals surface area contributed by atoms with E-state index in [2.05, 4.69) is 11.4 Å². The lowest BCUT2D eigenvalue weighted by Gasteiger charge is -2.15. The molecule has 0 saturated carbocycles. The molecule has 0 fully saturated rings. The van der Waals surface area contributed by atoms with Crippen molar-refractivity contribution in [3.8, 4) is 11.5 Å². The van der Waals surface area contributed by atoms with Gasteiger partial charge in [0.05, 0.1) is 18.9 Å². The summed E-state index contributed by atoms with van der Waals surface area (Å²) < 4.78 is 5.42. The molecule has 0 radical (unpaired) electrons. The van der Waals surface area contributed by atoms with Gasteiger partial charge in [0, 0.05) is 17.6 Å². The minimum Gasteiger partial charge on any atom is -0.505 e. The number of fused-ring (bicyclic) bond motifs is 2. The summed E-state index contributed by atoms with van der Waals surface area (Å²) in [4.78, 5) is 12.5. The molecule has 2 bridgehead atoms. The molecule has 1 atom stereocenters. The fourth-order valence-corrected chi connectivity index (χ4v) is 3.34. The zero-order valence-corrected chi connectivity index (χ0v) is 17.7. The van der Waals surface area contributed by atoms with E-state index in [1.807, 2.05) is 13.0 Å². The number of rotatable bonds is 1. The average Bonchev–Trinajstić information content (AvgIpc) is 2.70. The molecule has 1 heterocycles. The van der Waals surface area contributed by atoms with Crippen molar-refractivity contribution in [1.82, 2.24) is 0 Å². The van der Waals surface area contributed by atoms with Crippen LogP contribution >= 0.6 is 0 Å². The van der Waals surface area contributed by atoms with Crippen molar-refractivity contribution in [2.24, 2.45) is 0 Å². The number of anilines is 1. The summed E-state index contributed by atoms with van der Waals surface area (Å²) in [5.41, 5.74) is 2.69. The first-order chi connectivity index (χ1) is 13.9. The van der Waals surface area contributed by atoms with E-state index in [1.165, 1.54) is 0 Å². The van der Waals surface area contributed by atoms with Crippen molar-refractivity contribution in [2.75, 3.05) is 12.4 Å². The van der Waals surface area contributed by atoms with Crippen LogP contribution in [-0.4, -0.2) is 29.3 Å². The molecule has 1 amide bonds. The number of nitrogens with one attached hydrogen (secondary N) is 1. The lowest BCUT2D eigenvalue weighted by molar-refractivity contribution is -0.112. The summed E-state index contributed by atoms with van der Waals surface area (Å²) in [6, 6.07) is 3.41. The highest BCUT2D eigenvalue weighted by Crippen LogP contribution is 2.36. The van der Waals surface area contributed by atoms with Gasteiger partial charge in [-0.3, -0.25) is 4.79 Å². The molecule has 0 aromatic heterocycles. The number of phenolic OH excluding ortho intramolecular Hbond substituents is 1. The zero-order valence-electron chi connectivity index (χ0n) is 17.7. The van der Waals surface area contributed by atoms with E-state index in [-0.39, 0.29) is 17.8 Å². The Kier molecular flexibility index (Phi) is 9.00. The van der Waals surface area contributed by atoms with Gasteiger partial charge in [0.15, 0.2) is 0 Å². The fourth-order valence-electron chi connectivity index (χ4n) is 3.34. The van der Waals surface area contributed by atoms with Crippen molar-refractivity contribution in [2.45, 2.75) is 64.9 Å². The molecule has 1 aliphatic heterocycles. The number of hydrogen-bond donors (Lipinski definition) is 3. The number of carbonyl (C=O) groups excluding carboxylic acids is 1. The quantitative estimate of drug-likeness (QED) is 0.456. The number of aromatic hydroxyl groups is 1. The molecule has 0 aliphatic carbocycles. The maximum Gasteiger partial charge on any atom is 0.251 e. The van der Waals surface area contributed by atoms with Gasteiger partial charge in [-0.15, -0.1) is 0 Å². The number of allylic oxidation sites excluding steroid dienone is 4. The van der Waals surface area contributed by atoms with Crippen molar-refractivity contribution < 1.29 is 19.7 Å². The van der Waals surface area contributed by atoms with E-state index < -0.39 is 0 Å². The number of aliphatic hydroxyl groups is 1. The smallest absolute Gasteiger partial charge is 0.251 e. The molecular formula is C24H33NO4. The second-order valence-corrected chi connectivity index (χ2v) is 7.63. The van der Waals surface area contributed by atoms with Crippen molar-refractivity contribution in [1.29, 1.82) is 0 Å². The molecule has 0 unspecified atom stereocenters. The van der Waals surface area contributed by atoms with Crippen LogP contribution in [0, 0.1) is 0 Å². The normalized spacial score (nSPS) is 24.6. The van der Waals surface area contributed by atoms with Gasteiger partial charge in [-0.2, -0.15) is 0 Å². The molecule has 158 valence electrons. The third kappa shape index (κ3) is 7.09. The third-order valence-electron chi connectivity index (χ3n) is 5.15. The molecular weight excluding hydrogens is 366 g/mol. The number of aliphatic hydroxyl groups excluding tert-OH is 1. The molecule has 5 heteroatoms. The van der Waals surface area contributed by atoms with Gasteiger partial charge in [0.1, 0.15) is 11.5 Å². The van der Waals surface area contributed by atoms with Crippen LogP contribution in [0.25, 0.3) is 0 Å². The number of hydrogen-bond acceptors (Lipinski definition) is 4. The van der Waals surface area contributed by atoms with Gasteiger partial charge in [-0.25, -0.2) is 0 Å². The van der Waals surface area contributed by atoms with Crippen LogP contribution < -0.4 is 10.1 Å². The first-order valence-electron chi connectivity index (χ1n) is 10.3. The third-order valence-corrected chi connectivity index (χ3v) is 5.15. The van der Waals surface area contributed by atoms with E-state index in [1.54, 1.807) is 38.3 Å². The Hall–Kier alpha value is -2.53. The number of ether oxygens (including phenoxy) is 1. The van der Waals surface area contributed by atoms with E-state index in [0.717, 1.165) is 37.7 Å². The summed E-state index contributed by atoms with van der Waals surface area (Å²) in [5, 5.41) is 23.6. The Morgan fingerprint density at radius 3 is 2.72 bits per heavy atom. The number of amides is 1. The Morgan fingerprint density at radius 1 is 1.17 bits per heavy atom. The molecule has 0 spiro atoms. The standard InChI is InChI=1S/C24H33NO4/c1-17-10-6-4-5-7-12-19(26)13-9-8-11-18(2)24(28)25-21-14-15-22(29-3)20(16-17)23(21)27/h8-11,14-15,19,26-27H,4-7,12-13,16H2,1-3H3,(H,25,28)/b9-8-,17-10+,18-11+/t19-/m0/s1. The van der Waals surface area contributed by atoms with Gasteiger partial charge >= 0.3 is 0 Å². The summed E-state index contributed by atoms with van der Waals surface area (Å²) in [6.45, 7) is 3.75. The predicted octanol–water partition coefficient (Wildman–Crippen LogP) is 5.05. The second-order valence-electron chi connectivity index (χ2n) is 7.63. The van der Waals surface area contributed by atoms with E-state index in [0.29, 0.717) is 35.4 Å².